The summed E-state index contributed by atoms with van der Waals surface area (Å²) in [6, 6.07) is 7.48. The third-order valence-electron chi connectivity index (χ3n) is 2.74. The molecule has 0 aliphatic heterocycles. The van der Waals surface area contributed by atoms with E-state index in [0.29, 0.717) is 18.6 Å². The lowest BCUT2D eigenvalue weighted by Gasteiger charge is -2.16. The Morgan fingerprint density at radius 1 is 1.18 bits per heavy atom. The number of ether oxygens (including phenoxy) is 2. The molecule has 0 aliphatic carbocycles. The Bertz CT molecular complexity index is 326. The summed E-state index contributed by atoms with van der Waals surface area (Å²) in [5.74, 6) is 1.38. The Morgan fingerprint density at radius 3 is 2.59 bits per heavy atom. The van der Waals surface area contributed by atoms with Gasteiger partial charge in [-0.25, -0.2) is 0 Å². The molecule has 2 N–H and O–H groups in total. The van der Waals surface area contributed by atoms with E-state index in [2.05, 4.69) is 20.8 Å². The number of hydrogen-bond donors (Lipinski definition) is 1. The number of hydrogen-bond acceptors (Lipinski definition) is 3. The lowest BCUT2D eigenvalue weighted by atomic mass is 10.1. The van der Waals surface area contributed by atoms with Gasteiger partial charge in [0.1, 0.15) is 5.75 Å². The van der Waals surface area contributed by atoms with Gasteiger partial charge in [0.2, 0.25) is 0 Å². The van der Waals surface area contributed by atoms with E-state index in [1.807, 2.05) is 24.3 Å². The monoisotopic (exact) mass is 237 g/mol. The Morgan fingerprint density at radius 2 is 1.94 bits per heavy atom. The molecule has 0 aliphatic rings. The third-order valence-corrected chi connectivity index (χ3v) is 2.74. The van der Waals surface area contributed by atoms with Gasteiger partial charge < -0.3 is 15.2 Å². The van der Waals surface area contributed by atoms with Crippen LogP contribution in [0, 0.1) is 5.92 Å². The first-order valence-corrected chi connectivity index (χ1v) is 6.19. The Balaban J connectivity index is 2.12. The van der Waals surface area contributed by atoms with E-state index in [-0.39, 0.29) is 0 Å². The fourth-order valence-corrected chi connectivity index (χ4v) is 1.31. The molecular weight excluding hydrogens is 214 g/mol. The zero-order valence-corrected chi connectivity index (χ0v) is 11.0. The van der Waals surface area contributed by atoms with E-state index in [0.717, 1.165) is 24.5 Å². The SMILES string of the molecule is CC(C)C(C)OCCCOc1cccc(N)c1. The molecule has 0 fully saturated rings. The van der Waals surface area contributed by atoms with Crippen molar-refractivity contribution in [3.63, 3.8) is 0 Å². The number of nitrogens with two attached hydrogens (primary N) is 1. The third kappa shape index (κ3) is 5.59. The highest BCUT2D eigenvalue weighted by molar-refractivity contribution is 5.43. The normalized spacial score (nSPS) is 12.7. The van der Waals surface area contributed by atoms with Gasteiger partial charge in [-0.05, 0) is 25.0 Å². The second-order valence-corrected chi connectivity index (χ2v) is 4.59. The Labute approximate surface area is 104 Å². The maximum atomic E-state index is 5.66. The average Bonchev–Trinajstić information content (AvgIpc) is 2.28. The summed E-state index contributed by atoms with van der Waals surface area (Å²) in [4.78, 5) is 0. The van der Waals surface area contributed by atoms with Crippen LogP contribution in [0.25, 0.3) is 0 Å². The number of nitrogen functional groups attached to an aromatic ring is 1. The van der Waals surface area contributed by atoms with Crippen LogP contribution < -0.4 is 10.5 Å². The van der Waals surface area contributed by atoms with Crippen molar-refractivity contribution in [1.29, 1.82) is 0 Å². The summed E-state index contributed by atoms with van der Waals surface area (Å²) in [6.45, 7) is 7.82. The summed E-state index contributed by atoms with van der Waals surface area (Å²) in [6.07, 6.45) is 1.20. The summed E-state index contributed by atoms with van der Waals surface area (Å²) >= 11 is 0. The topological polar surface area (TPSA) is 44.5 Å². The van der Waals surface area contributed by atoms with Crippen LogP contribution in [0.4, 0.5) is 5.69 Å². The van der Waals surface area contributed by atoms with Crippen LogP contribution in [0.1, 0.15) is 27.2 Å². The maximum absolute atomic E-state index is 5.66. The van der Waals surface area contributed by atoms with Crippen LogP contribution in [0.5, 0.6) is 5.75 Å². The minimum absolute atomic E-state index is 0.308. The molecule has 1 unspecified atom stereocenters. The second-order valence-electron chi connectivity index (χ2n) is 4.59. The number of benzene rings is 1. The molecule has 3 heteroatoms. The molecule has 1 rings (SSSR count). The minimum atomic E-state index is 0.308. The van der Waals surface area contributed by atoms with Crippen molar-refractivity contribution < 1.29 is 9.47 Å². The van der Waals surface area contributed by atoms with Crippen LogP contribution in [0.2, 0.25) is 0 Å². The smallest absolute Gasteiger partial charge is 0.121 e. The van der Waals surface area contributed by atoms with E-state index in [1.54, 1.807) is 0 Å². The van der Waals surface area contributed by atoms with Gasteiger partial charge in [-0.3, -0.25) is 0 Å². The molecule has 1 atom stereocenters. The van der Waals surface area contributed by atoms with Gasteiger partial charge in [-0.15, -0.1) is 0 Å². The fraction of sp³-hybridized carbons (Fsp3) is 0.571. The zero-order chi connectivity index (χ0) is 12.7. The van der Waals surface area contributed by atoms with Gasteiger partial charge in [-0.1, -0.05) is 19.9 Å². The van der Waals surface area contributed by atoms with Crippen molar-refractivity contribution in [2.24, 2.45) is 5.92 Å². The van der Waals surface area contributed by atoms with Gasteiger partial charge in [-0.2, -0.15) is 0 Å². The molecule has 3 nitrogen and oxygen atoms in total. The average molecular weight is 237 g/mol. The molecule has 0 spiro atoms. The van der Waals surface area contributed by atoms with Crippen molar-refractivity contribution in [2.45, 2.75) is 33.3 Å². The number of anilines is 1. The first-order chi connectivity index (χ1) is 8.09. The van der Waals surface area contributed by atoms with Gasteiger partial charge in [0.05, 0.1) is 19.3 Å². The van der Waals surface area contributed by atoms with Gasteiger partial charge in [0, 0.05) is 18.2 Å². The van der Waals surface area contributed by atoms with Crippen molar-refractivity contribution in [1.82, 2.24) is 0 Å². The van der Waals surface area contributed by atoms with E-state index in [9.17, 15) is 0 Å². The van der Waals surface area contributed by atoms with Crippen LogP contribution >= 0.6 is 0 Å². The van der Waals surface area contributed by atoms with Crippen molar-refractivity contribution >= 4 is 5.69 Å². The first-order valence-electron chi connectivity index (χ1n) is 6.19. The summed E-state index contributed by atoms with van der Waals surface area (Å²) in [5, 5.41) is 0. The molecule has 0 radical (unpaired) electrons. The molecule has 0 saturated carbocycles. The van der Waals surface area contributed by atoms with Crippen molar-refractivity contribution in [3.05, 3.63) is 24.3 Å². The van der Waals surface area contributed by atoms with E-state index < -0.39 is 0 Å². The molecule has 0 amide bonds. The molecule has 0 heterocycles. The Kier molecular flexibility index (Phi) is 5.84. The van der Waals surface area contributed by atoms with E-state index in [4.69, 9.17) is 15.2 Å². The van der Waals surface area contributed by atoms with Crippen LogP contribution in [0.3, 0.4) is 0 Å². The second kappa shape index (κ2) is 7.17. The first kappa shape index (κ1) is 13.8. The van der Waals surface area contributed by atoms with Crippen molar-refractivity contribution in [3.8, 4) is 5.75 Å². The highest BCUT2D eigenvalue weighted by Gasteiger charge is 2.06. The fourth-order valence-electron chi connectivity index (χ4n) is 1.31. The summed E-state index contributed by atoms with van der Waals surface area (Å²) in [5.41, 5.74) is 6.39. The molecule has 0 aromatic heterocycles. The highest BCUT2D eigenvalue weighted by atomic mass is 16.5. The highest BCUT2D eigenvalue weighted by Crippen LogP contribution is 2.14. The summed E-state index contributed by atoms with van der Waals surface area (Å²) < 4.78 is 11.2. The molecule has 0 saturated heterocycles. The summed E-state index contributed by atoms with van der Waals surface area (Å²) in [7, 11) is 0. The largest absolute Gasteiger partial charge is 0.493 e. The molecule has 1 aromatic rings. The van der Waals surface area contributed by atoms with E-state index in [1.165, 1.54) is 0 Å². The van der Waals surface area contributed by atoms with E-state index >= 15 is 0 Å². The van der Waals surface area contributed by atoms with Gasteiger partial charge in [0.15, 0.2) is 0 Å². The van der Waals surface area contributed by atoms with Gasteiger partial charge in [0.25, 0.3) is 0 Å². The van der Waals surface area contributed by atoms with Crippen molar-refractivity contribution in [2.75, 3.05) is 18.9 Å². The maximum Gasteiger partial charge on any atom is 0.121 e. The van der Waals surface area contributed by atoms with Crippen LogP contribution in [-0.2, 0) is 4.74 Å². The molecule has 0 bridgehead atoms. The predicted molar refractivity (Wildman–Crippen MR) is 71.2 cm³/mol. The Hall–Kier alpha value is -1.22. The molecule has 1 aromatic carbocycles. The molecule has 17 heavy (non-hydrogen) atoms. The minimum Gasteiger partial charge on any atom is -0.493 e. The van der Waals surface area contributed by atoms with Crippen LogP contribution in [0.15, 0.2) is 24.3 Å². The lowest BCUT2D eigenvalue weighted by Crippen LogP contribution is -2.17. The number of rotatable bonds is 7. The molecular formula is C14H23NO2. The van der Waals surface area contributed by atoms with Gasteiger partial charge >= 0.3 is 0 Å². The standard InChI is InChI=1S/C14H23NO2/c1-11(2)12(3)16-8-5-9-17-14-7-4-6-13(15)10-14/h4,6-7,10-12H,5,8-9,15H2,1-3H3. The van der Waals surface area contributed by atoms with Crippen LogP contribution in [-0.4, -0.2) is 19.3 Å². The predicted octanol–water partition coefficient (Wildman–Crippen LogP) is 3.10. The molecule has 96 valence electrons. The lowest BCUT2D eigenvalue weighted by molar-refractivity contribution is 0.0292. The quantitative estimate of drug-likeness (QED) is 0.585. The zero-order valence-electron chi connectivity index (χ0n) is 11.0.